The van der Waals surface area contributed by atoms with Crippen LogP contribution in [-0.2, 0) is 10.8 Å². The van der Waals surface area contributed by atoms with Crippen molar-refractivity contribution in [2.75, 3.05) is 0 Å². The Bertz CT molecular complexity index is 1200. The number of hydrogen-bond acceptors (Lipinski definition) is 3. The molecule has 0 saturated carbocycles. The second-order valence-corrected chi connectivity index (χ2v) is 11.0. The maximum Gasteiger partial charge on any atom is 0.128 e. The number of aromatic nitrogens is 1. The number of thiazole rings is 1. The third-order valence-electron chi connectivity index (χ3n) is 5.56. The van der Waals surface area contributed by atoms with Crippen LogP contribution in [0.4, 0.5) is 0 Å². The lowest BCUT2D eigenvalue weighted by molar-refractivity contribution is 0.477. The molecular formula is C27H29NOS. The van der Waals surface area contributed by atoms with Crippen LogP contribution < -0.4 is 0 Å². The van der Waals surface area contributed by atoms with Gasteiger partial charge in [-0.3, -0.25) is 0 Å². The number of benzene rings is 3. The second kappa shape index (κ2) is 7.24. The molecule has 154 valence electrons. The van der Waals surface area contributed by atoms with Gasteiger partial charge in [0.05, 0.1) is 15.8 Å². The van der Waals surface area contributed by atoms with Gasteiger partial charge in [-0.1, -0.05) is 77.9 Å². The molecule has 0 unspecified atom stereocenters. The molecule has 0 aliphatic heterocycles. The van der Waals surface area contributed by atoms with Gasteiger partial charge in [0, 0.05) is 5.56 Å². The molecule has 1 N–H and O–H groups in total. The topological polar surface area (TPSA) is 33.1 Å². The van der Waals surface area contributed by atoms with Crippen LogP contribution >= 0.6 is 11.3 Å². The molecule has 0 atom stereocenters. The number of rotatable bonds is 2. The van der Waals surface area contributed by atoms with Crippen molar-refractivity contribution >= 4 is 21.6 Å². The van der Waals surface area contributed by atoms with Crippen LogP contribution in [0, 0.1) is 0 Å². The van der Waals surface area contributed by atoms with Crippen molar-refractivity contribution in [3.63, 3.8) is 0 Å². The van der Waals surface area contributed by atoms with Gasteiger partial charge in [0.1, 0.15) is 10.8 Å². The highest BCUT2D eigenvalue weighted by atomic mass is 32.1. The molecule has 3 heteroatoms. The SMILES string of the molecule is CC(C)(C)c1ccc(-c2cc(C(C)(C)C)cc3sc(-c4ccccc4O)nc23)cc1. The summed E-state index contributed by atoms with van der Waals surface area (Å²) in [4.78, 5) is 4.97. The highest BCUT2D eigenvalue weighted by Gasteiger charge is 2.21. The maximum absolute atomic E-state index is 10.3. The molecule has 0 fully saturated rings. The second-order valence-electron chi connectivity index (χ2n) is 9.98. The van der Waals surface area contributed by atoms with E-state index in [1.54, 1.807) is 17.4 Å². The van der Waals surface area contributed by atoms with E-state index in [9.17, 15) is 5.11 Å². The quantitative estimate of drug-likeness (QED) is 0.360. The molecule has 1 heterocycles. The van der Waals surface area contributed by atoms with Crippen molar-refractivity contribution in [3.05, 3.63) is 71.8 Å². The van der Waals surface area contributed by atoms with Crippen molar-refractivity contribution < 1.29 is 5.11 Å². The van der Waals surface area contributed by atoms with E-state index in [-0.39, 0.29) is 16.6 Å². The molecule has 2 nitrogen and oxygen atoms in total. The minimum atomic E-state index is 0.0350. The molecule has 30 heavy (non-hydrogen) atoms. The standard InChI is InChI=1S/C27H29NOS/c1-26(2,3)18-13-11-17(12-14-18)21-15-19(27(4,5)6)16-23-24(21)28-25(30-23)20-9-7-8-10-22(20)29/h7-16,29H,1-6H3. The minimum Gasteiger partial charge on any atom is -0.507 e. The van der Waals surface area contributed by atoms with Gasteiger partial charge in [0.25, 0.3) is 0 Å². The van der Waals surface area contributed by atoms with Crippen LogP contribution in [0.15, 0.2) is 60.7 Å². The molecule has 0 radical (unpaired) electrons. The van der Waals surface area contributed by atoms with Crippen LogP contribution in [0.2, 0.25) is 0 Å². The normalized spacial score (nSPS) is 12.5. The van der Waals surface area contributed by atoms with Crippen molar-refractivity contribution in [2.24, 2.45) is 0 Å². The van der Waals surface area contributed by atoms with Crippen LogP contribution in [-0.4, -0.2) is 10.1 Å². The molecule has 3 aromatic carbocycles. The lowest BCUT2D eigenvalue weighted by Crippen LogP contribution is -2.11. The van der Waals surface area contributed by atoms with Crippen molar-refractivity contribution in [1.29, 1.82) is 0 Å². The van der Waals surface area contributed by atoms with Gasteiger partial charge in [0.2, 0.25) is 0 Å². The number of hydrogen-bond donors (Lipinski definition) is 1. The van der Waals surface area contributed by atoms with E-state index in [1.807, 2.05) is 18.2 Å². The fourth-order valence-electron chi connectivity index (χ4n) is 3.60. The van der Waals surface area contributed by atoms with Gasteiger partial charge in [-0.15, -0.1) is 11.3 Å². The summed E-state index contributed by atoms with van der Waals surface area (Å²) in [7, 11) is 0. The van der Waals surface area contributed by atoms with Crippen LogP contribution in [0.1, 0.15) is 52.7 Å². The summed E-state index contributed by atoms with van der Waals surface area (Å²) in [5, 5.41) is 11.2. The zero-order valence-corrected chi connectivity index (χ0v) is 19.4. The van der Waals surface area contributed by atoms with E-state index >= 15 is 0 Å². The fraction of sp³-hybridized carbons (Fsp3) is 0.296. The Kier molecular flexibility index (Phi) is 4.98. The predicted molar refractivity (Wildman–Crippen MR) is 130 cm³/mol. The smallest absolute Gasteiger partial charge is 0.128 e. The molecule has 4 rings (SSSR count). The fourth-order valence-corrected chi connectivity index (χ4v) is 4.67. The number of nitrogens with zero attached hydrogens (tertiary/aromatic N) is 1. The molecule has 0 aliphatic rings. The number of fused-ring (bicyclic) bond motifs is 1. The van der Waals surface area contributed by atoms with Gasteiger partial charge in [0.15, 0.2) is 0 Å². The average Bonchev–Trinajstić information content (AvgIpc) is 3.10. The Morgan fingerprint density at radius 2 is 1.37 bits per heavy atom. The first kappa shape index (κ1) is 20.6. The average molecular weight is 416 g/mol. The van der Waals surface area contributed by atoms with Gasteiger partial charge in [-0.05, 0) is 51.8 Å². The Labute approximate surface area is 183 Å². The summed E-state index contributed by atoms with van der Waals surface area (Å²) in [6.45, 7) is 13.4. The van der Waals surface area contributed by atoms with Gasteiger partial charge in [-0.25, -0.2) is 4.98 Å². The molecule has 0 spiro atoms. The minimum absolute atomic E-state index is 0.0350. The number of phenolic OH excluding ortho intramolecular Hbond substituents is 1. The van der Waals surface area contributed by atoms with E-state index < -0.39 is 0 Å². The lowest BCUT2D eigenvalue weighted by Gasteiger charge is -2.21. The van der Waals surface area contributed by atoms with Crippen molar-refractivity contribution in [2.45, 2.75) is 52.4 Å². The van der Waals surface area contributed by atoms with E-state index in [4.69, 9.17) is 4.98 Å². The molecule has 0 saturated heterocycles. The first-order valence-electron chi connectivity index (χ1n) is 10.4. The molecular weight excluding hydrogens is 386 g/mol. The third kappa shape index (κ3) is 3.87. The van der Waals surface area contributed by atoms with Crippen LogP contribution in [0.3, 0.4) is 0 Å². The summed E-state index contributed by atoms with van der Waals surface area (Å²) in [5.74, 6) is 0.267. The summed E-state index contributed by atoms with van der Waals surface area (Å²) < 4.78 is 1.15. The molecule has 0 aliphatic carbocycles. The zero-order chi connectivity index (χ0) is 21.7. The van der Waals surface area contributed by atoms with Crippen LogP contribution in [0.5, 0.6) is 5.75 Å². The maximum atomic E-state index is 10.3. The van der Waals surface area contributed by atoms with Gasteiger partial charge < -0.3 is 5.11 Å². The van der Waals surface area contributed by atoms with Crippen molar-refractivity contribution in [1.82, 2.24) is 4.98 Å². The van der Waals surface area contributed by atoms with Crippen molar-refractivity contribution in [3.8, 4) is 27.4 Å². The van der Waals surface area contributed by atoms with E-state index in [1.165, 1.54) is 16.7 Å². The highest BCUT2D eigenvalue weighted by molar-refractivity contribution is 7.21. The first-order valence-corrected chi connectivity index (χ1v) is 11.2. The molecule has 0 bridgehead atoms. The van der Waals surface area contributed by atoms with Gasteiger partial charge >= 0.3 is 0 Å². The Morgan fingerprint density at radius 3 is 1.97 bits per heavy atom. The predicted octanol–water partition coefficient (Wildman–Crippen LogP) is 7.93. The number of phenols is 1. The molecule has 0 amide bonds. The monoisotopic (exact) mass is 415 g/mol. The van der Waals surface area contributed by atoms with E-state index in [2.05, 4.69) is 77.9 Å². The van der Waals surface area contributed by atoms with Gasteiger partial charge in [-0.2, -0.15) is 0 Å². The Hall–Kier alpha value is -2.65. The summed E-state index contributed by atoms with van der Waals surface area (Å²) in [5.41, 5.74) is 6.87. The zero-order valence-electron chi connectivity index (χ0n) is 18.6. The number of aromatic hydroxyl groups is 1. The number of para-hydroxylation sites is 1. The first-order chi connectivity index (χ1) is 14.0. The Morgan fingerprint density at radius 1 is 0.733 bits per heavy atom. The Balaban J connectivity index is 1.94. The summed E-state index contributed by atoms with van der Waals surface area (Å²) in [6.07, 6.45) is 0. The van der Waals surface area contributed by atoms with Crippen LogP contribution in [0.25, 0.3) is 31.9 Å². The third-order valence-corrected chi connectivity index (χ3v) is 6.59. The largest absolute Gasteiger partial charge is 0.507 e. The summed E-state index contributed by atoms with van der Waals surface area (Å²) >= 11 is 1.64. The summed E-state index contributed by atoms with van der Waals surface area (Å²) in [6, 6.07) is 20.8. The lowest BCUT2D eigenvalue weighted by atomic mass is 9.84. The molecule has 4 aromatic rings. The van der Waals surface area contributed by atoms with E-state index in [0.29, 0.717) is 0 Å². The highest BCUT2D eigenvalue weighted by Crippen LogP contribution is 2.41. The van der Waals surface area contributed by atoms with E-state index in [0.717, 1.165) is 26.4 Å². The molecule has 1 aromatic heterocycles.